The largest absolute Gasteiger partial charge is 0.490 e. The molecule has 0 bridgehead atoms. The highest BCUT2D eigenvalue weighted by molar-refractivity contribution is 5.91. The molecule has 5 radical (unpaired) electrons. The lowest BCUT2D eigenvalue weighted by Gasteiger charge is -2.12. The van der Waals surface area contributed by atoms with Gasteiger partial charge < -0.3 is 9.47 Å². The maximum atomic E-state index is 14.8. The Kier molecular flexibility index (Phi) is 9.70. The number of unbranched alkanes of at least 4 members (excludes halogenated alkanes) is 5. The number of halogens is 2. The zero-order valence-corrected chi connectivity index (χ0v) is 21.0. The quantitative estimate of drug-likeness (QED) is 0.142. The summed E-state index contributed by atoms with van der Waals surface area (Å²) < 4.78 is 40.4. The van der Waals surface area contributed by atoms with Crippen LogP contribution in [0.25, 0.3) is 11.1 Å². The van der Waals surface area contributed by atoms with Crippen LogP contribution in [0.4, 0.5) is 8.78 Å². The molecule has 0 saturated heterocycles. The van der Waals surface area contributed by atoms with E-state index in [9.17, 15) is 13.6 Å². The molecule has 0 aliphatic heterocycles. The average Bonchev–Trinajstić information content (AvgIpc) is 3.46. The van der Waals surface area contributed by atoms with Gasteiger partial charge in [0.2, 0.25) is 5.82 Å². The summed E-state index contributed by atoms with van der Waals surface area (Å²) in [5, 5.41) is 0. The second-order valence-electron chi connectivity index (χ2n) is 9.02. The Morgan fingerprint density at radius 1 is 0.784 bits per heavy atom. The van der Waals surface area contributed by atoms with Crippen molar-refractivity contribution in [2.24, 2.45) is 0 Å². The monoisotopic (exact) mass is 501 g/mol. The lowest BCUT2D eigenvalue weighted by molar-refractivity contribution is 0.0734. The molecule has 3 aromatic carbocycles. The van der Waals surface area contributed by atoms with Gasteiger partial charge in [-0.05, 0) is 79.6 Å². The summed E-state index contributed by atoms with van der Waals surface area (Å²) in [4.78, 5) is 12.7. The Labute approximate surface area is 218 Å². The summed E-state index contributed by atoms with van der Waals surface area (Å²) in [5.74, 6) is -1.20. The van der Waals surface area contributed by atoms with Crippen LogP contribution in [0.1, 0.15) is 61.4 Å². The Morgan fingerprint density at radius 2 is 1.51 bits per heavy atom. The zero-order valence-electron chi connectivity index (χ0n) is 21.0. The molecular weight excluding hydrogens is 470 g/mol. The first kappa shape index (κ1) is 26.8. The van der Waals surface area contributed by atoms with Crippen LogP contribution in [-0.4, -0.2) is 12.6 Å². The second kappa shape index (κ2) is 13.4. The van der Waals surface area contributed by atoms with Gasteiger partial charge in [0.15, 0.2) is 11.6 Å². The van der Waals surface area contributed by atoms with Crippen LogP contribution in [0.3, 0.4) is 0 Å². The summed E-state index contributed by atoms with van der Waals surface area (Å²) >= 11 is 0. The highest BCUT2D eigenvalue weighted by atomic mass is 19.2. The molecule has 0 aromatic heterocycles. The molecule has 0 N–H and O–H groups in total. The molecular formula is C32H31F2O3. The van der Waals surface area contributed by atoms with Crippen molar-refractivity contribution in [2.45, 2.75) is 45.4 Å². The minimum Gasteiger partial charge on any atom is -0.490 e. The summed E-state index contributed by atoms with van der Waals surface area (Å²) in [7, 11) is 0. The molecule has 1 saturated carbocycles. The molecule has 0 atom stereocenters. The number of carbonyl (C=O) groups excluding carboxylic acids is 1. The maximum absolute atomic E-state index is 14.8. The van der Waals surface area contributed by atoms with Crippen LogP contribution in [0.15, 0.2) is 60.7 Å². The summed E-state index contributed by atoms with van der Waals surface area (Å²) in [6.07, 6.45) is 14.4. The number of esters is 1. The third kappa shape index (κ3) is 7.18. The minimum atomic E-state index is -0.997. The highest BCUT2D eigenvalue weighted by Crippen LogP contribution is 2.32. The molecule has 0 spiro atoms. The fourth-order valence-corrected chi connectivity index (χ4v) is 4.19. The fourth-order valence-electron chi connectivity index (χ4n) is 4.19. The molecule has 0 heterocycles. The number of benzene rings is 3. The fraction of sp³-hybridized carbons (Fsp3) is 0.250. The van der Waals surface area contributed by atoms with Crippen molar-refractivity contribution < 1.29 is 23.0 Å². The van der Waals surface area contributed by atoms with Crippen molar-refractivity contribution in [1.29, 1.82) is 0 Å². The Bertz CT molecular complexity index is 1170. The number of rotatable bonds is 12. The molecule has 37 heavy (non-hydrogen) atoms. The van der Waals surface area contributed by atoms with Crippen molar-refractivity contribution in [1.82, 2.24) is 0 Å². The van der Waals surface area contributed by atoms with Gasteiger partial charge in [-0.15, -0.1) is 0 Å². The molecule has 5 heteroatoms. The van der Waals surface area contributed by atoms with Gasteiger partial charge in [-0.1, -0.05) is 63.3 Å². The van der Waals surface area contributed by atoms with Crippen molar-refractivity contribution in [3.8, 4) is 22.6 Å². The first-order valence-corrected chi connectivity index (χ1v) is 12.8. The van der Waals surface area contributed by atoms with Gasteiger partial charge in [0.05, 0.1) is 12.2 Å². The van der Waals surface area contributed by atoms with Gasteiger partial charge in [-0.25, -0.2) is 9.18 Å². The van der Waals surface area contributed by atoms with E-state index in [1.807, 2.05) is 31.7 Å². The van der Waals surface area contributed by atoms with Gasteiger partial charge in [-0.2, -0.15) is 4.39 Å². The lowest BCUT2D eigenvalue weighted by Crippen LogP contribution is -2.09. The zero-order chi connectivity index (χ0) is 26.0. The van der Waals surface area contributed by atoms with Gasteiger partial charge in [0.25, 0.3) is 0 Å². The molecule has 191 valence electrons. The van der Waals surface area contributed by atoms with E-state index in [-0.39, 0.29) is 11.3 Å². The number of ether oxygens (including phenoxy) is 2. The van der Waals surface area contributed by atoms with Crippen LogP contribution >= 0.6 is 0 Å². The molecule has 1 fully saturated rings. The van der Waals surface area contributed by atoms with Crippen molar-refractivity contribution >= 4 is 5.97 Å². The first-order valence-electron chi connectivity index (χ1n) is 12.8. The molecule has 3 nitrogen and oxygen atoms in total. The normalized spacial score (nSPS) is 13.6. The Hall–Kier alpha value is -3.21. The van der Waals surface area contributed by atoms with E-state index < -0.39 is 17.6 Å². The number of carbonyl (C=O) groups is 1. The van der Waals surface area contributed by atoms with E-state index in [0.717, 1.165) is 30.7 Å². The van der Waals surface area contributed by atoms with Gasteiger partial charge in [0, 0.05) is 11.5 Å². The second-order valence-corrected chi connectivity index (χ2v) is 9.02. The number of hydrogen-bond donors (Lipinski definition) is 0. The predicted molar refractivity (Wildman–Crippen MR) is 142 cm³/mol. The standard InChI is InChI=1S/C32H31F2O3/c1-2-3-4-5-6-9-21-36-29-20-19-28(30(33)31(29)34)24-15-17-27(18-16-24)37-32(35)26-14-10-13-25(22-26)23-11-7-8-12-23/h7-8,10-20,22H,2-6,9,21H2,1H3. The van der Waals surface area contributed by atoms with E-state index in [1.165, 1.54) is 31.4 Å². The van der Waals surface area contributed by atoms with E-state index in [1.54, 1.807) is 42.5 Å². The SMILES string of the molecule is CCCCCCCCOc1ccc(-c2ccc(OC(=O)c3cccc([C]4[CH][CH][CH][CH]4)c3)cc2)c(F)c1F. The van der Waals surface area contributed by atoms with Crippen LogP contribution < -0.4 is 9.47 Å². The highest BCUT2D eigenvalue weighted by Gasteiger charge is 2.20. The smallest absolute Gasteiger partial charge is 0.343 e. The number of hydrogen-bond acceptors (Lipinski definition) is 3. The molecule has 3 aromatic rings. The topological polar surface area (TPSA) is 35.5 Å². The maximum Gasteiger partial charge on any atom is 0.343 e. The van der Waals surface area contributed by atoms with E-state index in [2.05, 4.69) is 6.92 Å². The summed E-state index contributed by atoms with van der Waals surface area (Å²) in [6, 6.07) is 16.5. The third-order valence-corrected chi connectivity index (χ3v) is 6.27. The van der Waals surface area contributed by atoms with Crippen molar-refractivity contribution in [2.75, 3.05) is 6.61 Å². The van der Waals surface area contributed by atoms with Gasteiger partial charge >= 0.3 is 5.97 Å². The van der Waals surface area contributed by atoms with Gasteiger partial charge in [0.1, 0.15) is 5.75 Å². The molecule has 0 unspecified atom stereocenters. The first-order chi connectivity index (χ1) is 18.1. The van der Waals surface area contributed by atoms with E-state index in [0.29, 0.717) is 23.5 Å². The van der Waals surface area contributed by atoms with Crippen LogP contribution in [0.5, 0.6) is 11.5 Å². The predicted octanol–water partition coefficient (Wildman–Crippen LogP) is 8.34. The van der Waals surface area contributed by atoms with Crippen LogP contribution in [-0.2, 0) is 0 Å². The Balaban J connectivity index is 1.35. The van der Waals surface area contributed by atoms with E-state index in [4.69, 9.17) is 9.47 Å². The third-order valence-electron chi connectivity index (χ3n) is 6.27. The molecule has 1 aliphatic rings. The Morgan fingerprint density at radius 3 is 2.27 bits per heavy atom. The van der Waals surface area contributed by atoms with Gasteiger partial charge in [-0.3, -0.25) is 0 Å². The minimum absolute atomic E-state index is 0.0793. The van der Waals surface area contributed by atoms with E-state index >= 15 is 0 Å². The summed E-state index contributed by atoms with van der Waals surface area (Å²) in [6.45, 7) is 2.53. The molecule has 4 rings (SSSR count). The molecule has 0 amide bonds. The average molecular weight is 502 g/mol. The lowest BCUT2D eigenvalue weighted by atomic mass is 9.96. The van der Waals surface area contributed by atoms with Crippen molar-refractivity contribution in [3.63, 3.8) is 0 Å². The van der Waals surface area contributed by atoms with Crippen LogP contribution in [0, 0.1) is 43.2 Å². The van der Waals surface area contributed by atoms with Crippen LogP contribution in [0.2, 0.25) is 0 Å². The molecule has 1 aliphatic carbocycles. The van der Waals surface area contributed by atoms with Crippen molar-refractivity contribution in [3.05, 3.63) is 115 Å². The summed E-state index contributed by atoms with van der Waals surface area (Å²) in [5.41, 5.74) is 1.93.